The number of nitrogens with zero attached hydrogens (tertiary/aromatic N) is 1. The monoisotopic (exact) mass is 341 g/mol. The second kappa shape index (κ2) is 6.87. The van der Waals surface area contributed by atoms with E-state index < -0.39 is 15.0 Å². The van der Waals surface area contributed by atoms with Gasteiger partial charge in [-0.2, -0.15) is 8.42 Å². The highest BCUT2D eigenvalue weighted by Crippen LogP contribution is 2.17. The minimum atomic E-state index is -3.84. The lowest BCUT2D eigenvalue weighted by Crippen LogP contribution is -2.09. The number of rotatable bonds is 6. The number of nitro benzene ring substituents is 1. The fourth-order valence-corrected chi connectivity index (χ4v) is 2.76. The number of halogens is 1. The second-order valence-electron chi connectivity index (χ2n) is 4.40. The van der Waals surface area contributed by atoms with E-state index in [0.717, 1.165) is 5.56 Å². The zero-order valence-corrected chi connectivity index (χ0v) is 12.9. The predicted octanol–water partition coefficient (Wildman–Crippen LogP) is 3.20. The first kappa shape index (κ1) is 16.4. The predicted molar refractivity (Wildman–Crippen MR) is 81.4 cm³/mol. The fourth-order valence-electron chi connectivity index (χ4n) is 1.72. The standard InChI is InChI=1S/C14H12ClNO5S/c15-12-3-7-14(8-4-12)22(19,20)21-10-9-11-1-5-13(6-2-11)16(17)18/h1-8H,9-10H2. The zero-order valence-electron chi connectivity index (χ0n) is 11.3. The van der Waals surface area contributed by atoms with E-state index in [1.807, 2.05) is 0 Å². The second-order valence-corrected chi connectivity index (χ2v) is 6.46. The Balaban J connectivity index is 1.95. The van der Waals surface area contributed by atoms with Crippen LogP contribution in [0.25, 0.3) is 0 Å². The van der Waals surface area contributed by atoms with Crippen LogP contribution in [0.3, 0.4) is 0 Å². The van der Waals surface area contributed by atoms with E-state index in [0.29, 0.717) is 11.4 Å². The van der Waals surface area contributed by atoms with Crippen molar-refractivity contribution in [2.75, 3.05) is 6.61 Å². The number of non-ortho nitro benzene ring substituents is 1. The number of hydrogen-bond acceptors (Lipinski definition) is 5. The summed E-state index contributed by atoms with van der Waals surface area (Å²) in [6, 6.07) is 11.5. The third-order valence-electron chi connectivity index (χ3n) is 2.88. The Labute approximate surface area is 132 Å². The molecule has 0 saturated carbocycles. The molecule has 8 heteroatoms. The number of benzene rings is 2. The van der Waals surface area contributed by atoms with Crippen molar-refractivity contribution in [3.8, 4) is 0 Å². The summed E-state index contributed by atoms with van der Waals surface area (Å²) in [4.78, 5) is 10.1. The van der Waals surface area contributed by atoms with Crippen LogP contribution < -0.4 is 0 Å². The van der Waals surface area contributed by atoms with Gasteiger partial charge < -0.3 is 0 Å². The molecule has 2 aromatic carbocycles. The maximum absolute atomic E-state index is 11.9. The van der Waals surface area contributed by atoms with E-state index in [1.54, 1.807) is 12.1 Å². The molecule has 0 heterocycles. The van der Waals surface area contributed by atoms with Gasteiger partial charge in [-0.25, -0.2) is 0 Å². The molecular weight excluding hydrogens is 330 g/mol. The van der Waals surface area contributed by atoms with Crippen molar-refractivity contribution in [2.45, 2.75) is 11.3 Å². The molecule has 0 radical (unpaired) electrons. The summed E-state index contributed by atoms with van der Waals surface area (Å²) in [5.41, 5.74) is 0.732. The molecule has 0 aliphatic rings. The maximum atomic E-state index is 11.9. The molecule has 0 aromatic heterocycles. The Morgan fingerprint density at radius 3 is 2.18 bits per heavy atom. The summed E-state index contributed by atoms with van der Waals surface area (Å²) in [7, 11) is -3.84. The average Bonchev–Trinajstić information content (AvgIpc) is 2.48. The van der Waals surface area contributed by atoms with Gasteiger partial charge in [-0.1, -0.05) is 23.7 Å². The zero-order chi connectivity index (χ0) is 16.2. The molecule has 6 nitrogen and oxygen atoms in total. The van der Waals surface area contributed by atoms with Crippen LogP contribution in [0.4, 0.5) is 5.69 Å². The average molecular weight is 342 g/mol. The molecule has 0 bridgehead atoms. The molecule has 116 valence electrons. The molecule has 0 aliphatic heterocycles. The summed E-state index contributed by atoms with van der Waals surface area (Å²) in [5.74, 6) is 0. The molecule has 0 aliphatic carbocycles. The van der Waals surface area contributed by atoms with Crippen LogP contribution in [0.2, 0.25) is 5.02 Å². The molecule has 22 heavy (non-hydrogen) atoms. The Morgan fingerprint density at radius 1 is 1.05 bits per heavy atom. The van der Waals surface area contributed by atoms with E-state index in [9.17, 15) is 18.5 Å². The molecule has 2 aromatic rings. The van der Waals surface area contributed by atoms with Crippen molar-refractivity contribution in [1.82, 2.24) is 0 Å². The van der Waals surface area contributed by atoms with E-state index in [1.165, 1.54) is 36.4 Å². The van der Waals surface area contributed by atoms with Gasteiger partial charge >= 0.3 is 0 Å². The Kier molecular flexibility index (Phi) is 5.12. The fraction of sp³-hybridized carbons (Fsp3) is 0.143. The van der Waals surface area contributed by atoms with Gasteiger partial charge in [-0.05, 0) is 36.2 Å². The van der Waals surface area contributed by atoms with E-state index in [-0.39, 0.29) is 17.2 Å². The van der Waals surface area contributed by atoms with Crippen LogP contribution in [0.1, 0.15) is 5.56 Å². The third-order valence-corrected chi connectivity index (χ3v) is 4.46. The minimum Gasteiger partial charge on any atom is -0.266 e. The Hall–Kier alpha value is -1.96. The third kappa shape index (κ3) is 4.27. The molecule has 0 fully saturated rings. The van der Waals surface area contributed by atoms with Crippen LogP contribution in [0.5, 0.6) is 0 Å². The summed E-state index contributed by atoms with van der Waals surface area (Å²) in [6.07, 6.45) is 0.324. The van der Waals surface area contributed by atoms with Crippen molar-refractivity contribution in [1.29, 1.82) is 0 Å². The molecule has 0 N–H and O–H groups in total. The van der Waals surface area contributed by atoms with Crippen molar-refractivity contribution in [2.24, 2.45) is 0 Å². The van der Waals surface area contributed by atoms with Crippen LogP contribution in [-0.4, -0.2) is 19.9 Å². The molecule has 0 spiro atoms. The molecule has 0 atom stereocenters. The summed E-state index contributed by atoms with van der Waals surface area (Å²) in [5, 5.41) is 11.0. The molecule has 2 rings (SSSR count). The van der Waals surface area contributed by atoms with Crippen LogP contribution in [-0.2, 0) is 20.7 Å². The van der Waals surface area contributed by atoms with Gasteiger partial charge in [-0.3, -0.25) is 14.3 Å². The Morgan fingerprint density at radius 2 is 1.64 bits per heavy atom. The first-order valence-electron chi connectivity index (χ1n) is 6.27. The summed E-state index contributed by atoms with van der Waals surface area (Å²) >= 11 is 5.70. The van der Waals surface area contributed by atoms with Crippen molar-refractivity contribution < 1.29 is 17.5 Å². The Bertz CT molecular complexity index is 757. The maximum Gasteiger partial charge on any atom is 0.296 e. The first-order valence-corrected chi connectivity index (χ1v) is 8.05. The molecule has 0 amide bonds. The molecular formula is C14H12ClNO5S. The van der Waals surface area contributed by atoms with Crippen molar-refractivity contribution >= 4 is 27.4 Å². The summed E-state index contributed by atoms with van der Waals surface area (Å²) < 4.78 is 28.8. The quantitative estimate of drug-likeness (QED) is 0.457. The number of hydrogen-bond donors (Lipinski definition) is 0. The van der Waals surface area contributed by atoms with Crippen LogP contribution >= 0.6 is 11.6 Å². The van der Waals surface area contributed by atoms with Gasteiger partial charge in [0.1, 0.15) is 0 Å². The van der Waals surface area contributed by atoms with Gasteiger partial charge in [0.25, 0.3) is 15.8 Å². The van der Waals surface area contributed by atoms with Gasteiger partial charge in [0, 0.05) is 17.2 Å². The first-order chi connectivity index (χ1) is 10.4. The largest absolute Gasteiger partial charge is 0.296 e. The lowest BCUT2D eigenvalue weighted by atomic mass is 10.1. The highest BCUT2D eigenvalue weighted by atomic mass is 35.5. The number of nitro groups is 1. The van der Waals surface area contributed by atoms with Crippen molar-refractivity contribution in [3.63, 3.8) is 0 Å². The minimum absolute atomic E-state index is 0.0153. The topological polar surface area (TPSA) is 86.5 Å². The van der Waals surface area contributed by atoms with Crippen LogP contribution in [0, 0.1) is 10.1 Å². The van der Waals surface area contributed by atoms with Gasteiger partial charge in [-0.15, -0.1) is 0 Å². The van der Waals surface area contributed by atoms with E-state index in [4.69, 9.17) is 15.8 Å². The van der Waals surface area contributed by atoms with Gasteiger partial charge in [0.05, 0.1) is 16.4 Å². The smallest absolute Gasteiger partial charge is 0.266 e. The van der Waals surface area contributed by atoms with Crippen LogP contribution in [0.15, 0.2) is 53.4 Å². The highest BCUT2D eigenvalue weighted by molar-refractivity contribution is 7.86. The van der Waals surface area contributed by atoms with Crippen molar-refractivity contribution in [3.05, 3.63) is 69.2 Å². The highest BCUT2D eigenvalue weighted by Gasteiger charge is 2.14. The van der Waals surface area contributed by atoms with Gasteiger partial charge in [0.2, 0.25) is 0 Å². The molecule has 0 saturated heterocycles. The lowest BCUT2D eigenvalue weighted by Gasteiger charge is -2.06. The SMILES string of the molecule is O=[N+]([O-])c1ccc(CCOS(=O)(=O)c2ccc(Cl)cc2)cc1. The molecule has 0 unspecified atom stereocenters. The van der Waals surface area contributed by atoms with Gasteiger partial charge in [0.15, 0.2) is 0 Å². The van der Waals surface area contributed by atoms with E-state index >= 15 is 0 Å². The van der Waals surface area contributed by atoms with E-state index in [2.05, 4.69) is 0 Å². The summed E-state index contributed by atoms with van der Waals surface area (Å²) in [6.45, 7) is -0.0528. The lowest BCUT2D eigenvalue weighted by molar-refractivity contribution is -0.384. The normalized spacial score (nSPS) is 11.3.